The van der Waals surface area contributed by atoms with Gasteiger partial charge in [-0.2, -0.15) is 0 Å². The second kappa shape index (κ2) is 6.72. The molecule has 0 fully saturated rings. The fraction of sp³-hybridized carbons (Fsp3) is 0.294. The van der Waals surface area contributed by atoms with Gasteiger partial charge in [0, 0.05) is 12.1 Å². The SMILES string of the molecule is COC(=O)CCc1cc(-c2c(C)cccc2C)cc(Cl)n1. The van der Waals surface area contributed by atoms with Gasteiger partial charge in [0.25, 0.3) is 0 Å². The molecular weight excluding hydrogens is 286 g/mol. The van der Waals surface area contributed by atoms with Crippen molar-refractivity contribution in [3.8, 4) is 11.1 Å². The van der Waals surface area contributed by atoms with Crippen LogP contribution >= 0.6 is 11.6 Å². The van der Waals surface area contributed by atoms with Crippen LogP contribution in [0.25, 0.3) is 11.1 Å². The Morgan fingerprint density at radius 2 is 1.90 bits per heavy atom. The first-order chi connectivity index (χ1) is 10.0. The predicted molar refractivity (Wildman–Crippen MR) is 84.5 cm³/mol. The molecule has 0 saturated carbocycles. The highest BCUT2D eigenvalue weighted by Gasteiger charge is 2.10. The molecule has 0 aliphatic heterocycles. The Morgan fingerprint density at radius 1 is 1.24 bits per heavy atom. The second-order valence-electron chi connectivity index (χ2n) is 5.01. The summed E-state index contributed by atoms with van der Waals surface area (Å²) >= 11 is 6.13. The third kappa shape index (κ3) is 3.82. The molecule has 0 atom stereocenters. The molecule has 0 spiro atoms. The fourth-order valence-corrected chi connectivity index (χ4v) is 2.65. The first-order valence-corrected chi connectivity index (χ1v) is 7.19. The van der Waals surface area contributed by atoms with Crippen molar-refractivity contribution in [2.24, 2.45) is 0 Å². The molecule has 0 N–H and O–H groups in total. The summed E-state index contributed by atoms with van der Waals surface area (Å²) in [5.74, 6) is -0.245. The summed E-state index contributed by atoms with van der Waals surface area (Å²) in [5.41, 5.74) is 5.38. The van der Waals surface area contributed by atoms with E-state index in [2.05, 4.69) is 35.7 Å². The highest BCUT2D eigenvalue weighted by molar-refractivity contribution is 6.29. The average Bonchev–Trinajstić information content (AvgIpc) is 2.44. The normalized spacial score (nSPS) is 10.5. The van der Waals surface area contributed by atoms with Crippen molar-refractivity contribution >= 4 is 17.6 Å². The summed E-state index contributed by atoms with van der Waals surface area (Å²) in [7, 11) is 1.38. The average molecular weight is 304 g/mol. The first-order valence-electron chi connectivity index (χ1n) is 6.81. The molecule has 0 radical (unpaired) electrons. The smallest absolute Gasteiger partial charge is 0.305 e. The molecule has 1 aromatic heterocycles. The molecule has 2 aromatic rings. The van der Waals surface area contributed by atoms with Gasteiger partial charge in [-0.15, -0.1) is 0 Å². The Morgan fingerprint density at radius 3 is 2.52 bits per heavy atom. The topological polar surface area (TPSA) is 39.2 Å². The van der Waals surface area contributed by atoms with Crippen LogP contribution in [0.15, 0.2) is 30.3 Å². The van der Waals surface area contributed by atoms with Gasteiger partial charge in [0.05, 0.1) is 13.5 Å². The molecule has 0 amide bonds. The maximum atomic E-state index is 11.3. The number of methoxy groups -OCH3 is 1. The molecular formula is C17H18ClNO2. The predicted octanol–water partition coefficient (Wildman–Crippen LogP) is 4.12. The number of hydrogen-bond donors (Lipinski definition) is 0. The lowest BCUT2D eigenvalue weighted by Crippen LogP contribution is -2.03. The van der Waals surface area contributed by atoms with Crippen molar-refractivity contribution in [2.75, 3.05) is 7.11 Å². The third-order valence-corrected chi connectivity index (χ3v) is 3.62. The highest BCUT2D eigenvalue weighted by Crippen LogP contribution is 2.29. The zero-order valence-electron chi connectivity index (χ0n) is 12.4. The standard InChI is InChI=1S/C17H18ClNO2/c1-11-5-4-6-12(2)17(11)13-9-14(19-15(18)10-13)7-8-16(20)21-3/h4-6,9-10H,7-8H2,1-3H3. The van der Waals surface area contributed by atoms with E-state index >= 15 is 0 Å². The lowest BCUT2D eigenvalue weighted by Gasteiger charge is -2.11. The maximum absolute atomic E-state index is 11.3. The van der Waals surface area contributed by atoms with Gasteiger partial charge in [0.15, 0.2) is 0 Å². The van der Waals surface area contributed by atoms with Crippen LogP contribution in [0.3, 0.4) is 0 Å². The van der Waals surface area contributed by atoms with E-state index in [4.69, 9.17) is 11.6 Å². The number of rotatable bonds is 4. The van der Waals surface area contributed by atoms with Crippen molar-refractivity contribution in [3.05, 3.63) is 52.3 Å². The van der Waals surface area contributed by atoms with Gasteiger partial charge in [-0.1, -0.05) is 29.8 Å². The van der Waals surface area contributed by atoms with Gasteiger partial charge < -0.3 is 4.74 Å². The number of carbonyl (C=O) groups is 1. The fourth-order valence-electron chi connectivity index (χ4n) is 2.43. The zero-order chi connectivity index (χ0) is 15.4. The molecule has 0 aliphatic rings. The number of ether oxygens (including phenoxy) is 1. The number of hydrogen-bond acceptors (Lipinski definition) is 3. The zero-order valence-corrected chi connectivity index (χ0v) is 13.2. The monoisotopic (exact) mass is 303 g/mol. The van der Waals surface area contributed by atoms with Gasteiger partial charge in [0.1, 0.15) is 5.15 Å². The largest absolute Gasteiger partial charge is 0.469 e. The van der Waals surface area contributed by atoms with E-state index in [1.807, 2.05) is 18.2 Å². The Balaban J connectivity index is 2.37. The number of halogens is 1. The van der Waals surface area contributed by atoms with Gasteiger partial charge in [-0.25, -0.2) is 4.98 Å². The number of pyridine rings is 1. The summed E-state index contributed by atoms with van der Waals surface area (Å²) in [6, 6.07) is 10.0. The second-order valence-corrected chi connectivity index (χ2v) is 5.40. The lowest BCUT2D eigenvalue weighted by atomic mass is 9.96. The molecule has 1 heterocycles. The minimum atomic E-state index is -0.245. The van der Waals surface area contributed by atoms with Crippen LogP contribution in [-0.4, -0.2) is 18.1 Å². The number of aryl methyl sites for hydroxylation is 3. The number of esters is 1. The van der Waals surface area contributed by atoms with E-state index in [9.17, 15) is 4.79 Å². The van der Waals surface area contributed by atoms with E-state index in [0.717, 1.165) is 11.3 Å². The molecule has 4 heteroatoms. The van der Waals surface area contributed by atoms with E-state index in [1.165, 1.54) is 23.8 Å². The first kappa shape index (κ1) is 15.5. The summed E-state index contributed by atoms with van der Waals surface area (Å²) in [5, 5.41) is 0.440. The van der Waals surface area contributed by atoms with Crippen LogP contribution in [0, 0.1) is 13.8 Å². The molecule has 110 valence electrons. The minimum Gasteiger partial charge on any atom is -0.469 e. The van der Waals surface area contributed by atoms with E-state index in [0.29, 0.717) is 18.0 Å². The summed E-state index contributed by atoms with van der Waals surface area (Å²) in [6.07, 6.45) is 0.821. The molecule has 0 aliphatic carbocycles. The Bertz CT molecular complexity index is 648. The number of nitrogens with zero attached hydrogens (tertiary/aromatic N) is 1. The summed E-state index contributed by atoms with van der Waals surface area (Å²) < 4.78 is 4.66. The minimum absolute atomic E-state index is 0.245. The molecule has 0 unspecified atom stereocenters. The van der Waals surface area contributed by atoms with Crippen molar-refractivity contribution in [3.63, 3.8) is 0 Å². The number of benzene rings is 1. The van der Waals surface area contributed by atoms with Gasteiger partial charge in [0.2, 0.25) is 0 Å². The molecule has 3 nitrogen and oxygen atoms in total. The van der Waals surface area contributed by atoms with Crippen LogP contribution in [-0.2, 0) is 16.0 Å². The Kier molecular flexibility index (Phi) is 4.97. The van der Waals surface area contributed by atoms with Crippen molar-refractivity contribution in [2.45, 2.75) is 26.7 Å². The van der Waals surface area contributed by atoms with Crippen LogP contribution in [0.1, 0.15) is 23.2 Å². The van der Waals surface area contributed by atoms with Crippen LogP contribution < -0.4 is 0 Å². The van der Waals surface area contributed by atoms with E-state index in [-0.39, 0.29) is 5.97 Å². The van der Waals surface area contributed by atoms with Crippen LogP contribution in [0.5, 0.6) is 0 Å². The van der Waals surface area contributed by atoms with Crippen LogP contribution in [0.2, 0.25) is 5.15 Å². The quantitative estimate of drug-likeness (QED) is 0.630. The molecule has 21 heavy (non-hydrogen) atoms. The Labute approximate surface area is 129 Å². The van der Waals surface area contributed by atoms with Gasteiger partial charge >= 0.3 is 5.97 Å². The van der Waals surface area contributed by atoms with Crippen molar-refractivity contribution < 1.29 is 9.53 Å². The summed E-state index contributed by atoms with van der Waals surface area (Å²) in [6.45, 7) is 4.15. The molecule has 2 rings (SSSR count). The Hall–Kier alpha value is -1.87. The lowest BCUT2D eigenvalue weighted by molar-refractivity contribution is -0.140. The number of aromatic nitrogens is 1. The van der Waals surface area contributed by atoms with E-state index < -0.39 is 0 Å². The van der Waals surface area contributed by atoms with Gasteiger partial charge in [-0.05, 0) is 48.2 Å². The highest BCUT2D eigenvalue weighted by atomic mass is 35.5. The van der Waals surface area contributed by atoms with Crippen molar-refractivity contribution in [1.82, 2.24) is 4.98 Å². The molecule has 1 aromatic carbocycles. The summed E-state index contributed by atoms with van der Waals surface area (Å²) in [4.78, 5) is 15.5. The number of carbonyl (C=O) groups excluding carboxylic acids is 1. The van der Waals surface area contributed by atoms with Crippen LogP contribution in [0.4, 0.5) is 0 Å². The van der Waals surface area contributed by atoms with E-state index in [1.54, 1.807) is 0 Å². The molecule has 0 bridgehead atoms. The van der Waals surface area contributed by atoms with Crippen molar-refractivity contribution in [1.29, 1.82) is 0 Å². The third-order valence-electron chi connectivity index (χ3n) is 3.43. The molecule has 0 saturated heterocycles. The maximum Gasteiger partial charge on any atom is 0.305 e. The van der Waals surface area contributed by atoms with Gasteiger partial charge in [-0.3, -0.25) is 4.79 Å².